The molecule has 0 radical (unpaired) electrons. The molecule has 1 amide bonds. The van der Waals surface area contributed by atoms with E-state index in [2.05, 4.69) is 15.4 Å². The lowest BCUT2D eigenvalue weighted by molar-refractivity contribution is -0.157. The lowest BCUT2D eigenvalue weighted by Crippen LogP contribution is -2.51. The summed E-state index contributed by atoms with van der Waals surface area (Å²) in [4.78, 5) is 20.0. The summed E-state index contributed by atoms with van der Waals surface area (Å²) in [6, 6.07) is 5.06. The van der Waals surface area contributed by atoms with Crippen molar-refractivity contribution in [2.45, 2.75) is 44.6 Å². The number of amides is 1. The zero-order valence-corrected chi connectivity index (χ0v) is 15.6. The maximum Gasteiger partial charge on any atom is 0.451 e. The Labute approximate surface area is 162 Å². The summed E-state index contributed by atoms with van der Waals surface area (Å²) in [7, 11) is 0. The van der Waals surface area contributed by atoms with Gasteiger partial charge in [0.15, 0.2) is 5.82 Å². The van der Waals surface area contributed by atoms with Crippen LogP contribution in [0.2, 0.25) is 0 Å². The normalized spacial score (nSPS) is 24.1. The number of rotatable bonds is 2. The van der Waals surface area contributed by atoms with E-state index in [4.69, 9.17) is 4.84 Å². The first-order chi connectivity index (χ1) is 13.6. The third-order valence-corrected chi connectivity index (χ3v) is 5.17. The first-order valence-electron chi connectivity index (χ1n) is 8.92. The van der Waals surface area contributed by atoms with Crippen LogP contribution in [-0.2, 0) is 22.4 Å². The molecule has 11 heteroatoms. The van der Waals surface area contributed by atoms with Gasteiger partial charge in [-0.2, -0.15) is 13.2 Å². The first-order valence-corrected chi connectivity index (χ1v) is 8.92. The molecule has 0 spiro atoms. The van der Waals surface area contributed by atoms with Gasteiger partial charge in [-0.05, 0) is 26.0 Å². The number of benzene rings is 1. The SMILES string of the molecule is CC1c2nnc(C(F)(F)F)n2CCN1C(=O)C1(C)CC(c2cccc(F)c2)=NO1. The minimum atomic E-state index is -4.62. The van der Waals surface area contributed by atoms with Crippen molar-refractivity contribution in [2.75, 3.05) is 6.54 Å². The number of carbonyl (C=O) groups is 1. The molecular formula is C18H17F4N5O2. The molecule has 0 aliphatic carbocycles. The van der Waals surface area contributed by atoms with Crippen molar-refractivity contribution in [1.82, 2.24) is 19.7 Å². The summed E-state index contributed by atoms with van der Waals surface area (Å²) in [5.41, 5.74) is -0.416. The van der Waals surface area contributed by atoms with Gasteiger partial charge in [0, 0.05) is 25.1 Å². The summed E-state index contributed by atoms with van der Waals surface area (Å²) >= 11 is 0. The maximum absolute atomic E-state index is 13.5. The van der Waals surface area contributed by atoms with Crippen molar-refractivity contribution < 1.29 is 27.2 Å². The van der Waals surface area contributed by atoms with E-state index in [1.54, 1.807) is 19.9 Å². The highest BCUT2D eigenvalue weighted by molar-refractivity contribution is 6.05. The van der Waals surface area contributed by atoms with Gasteiger partial charge < -0.3 is 14.3 Å². The second kappa shape index (κ2) is 6.53. The highest BCUT2D eigenvalue weighted by Crippen LogP contribution is 2.36. The van der Waals surface area contributed by atoms with Crippen LogP contribution in [0.15, 0.2) is 29.4 Å². The largest absolute Gasteiger partial charge is 0.451 e. The Bertz CT molecular complexity index is 1000. The van der Waals surface area contributed by atoms with Crippen molar-refractivity contribution in [3.05, 3.63) is 47.3 Å². The summed E-state index contributed by atoms with van der Waals surface area (Å²) < 4.78 is 53.7. The smallest absolute Gasteiger partial charge is 0.379 e. The third kappa shape index (κ3) is 3.23. The van der Waals surface area contributed by atoms with E-state index in [9.17, 15) is 22.4 Å². The molecule has 2 aliphatic rings. The molecule has 1 aromatic heterocycles. The molecule has 2 atom stereocenters. The van der Waals surface area contributed by atoms with Crippen LogP contribution in [0, 0.1) is 5.82 Å². The van der Waals surface area contributed by atoms with Crippen LogP contribution in [0.5, 0.6) is 0 Å². The van der Waals surface area contributed by atoms with Crippen LogP contribution in [0.1, 0.15) is 43.5 Å². The Hall–Kier alpha value is -2.98. The van der Waals surface area contributed by atoms with Crippen molar-refractivity contribution in [2.24, 2.45) is 5.16 Å². The quantitative estimate of drug-likeness (QED) is 0.713. The van der Waals surface area contributed by atoms with Crippen LogP contribution >= 0.6 is 0 Å². The first kappa shape index (κ1) is 19.3. The average Bonchev–Trinajstić information content (AvgIpc) is 3.26. The fourth-order valence-electron chi connectivity index (χ4n) is 3.65. The lowest BCUT2D eigenvalue weighted by atomic mass is 9.93. The fraction of sp³-hybridized carbons (Fsp3) is 0.444. The Morgan fingerprint density at radius 2 is 2.03 bits per heavy atom. The fourth-order valence-corrected chi connectivity index (χ4v) is 3.65. The Balaban J connectivity index is 1.54. The number of alkyl halides is 3. The van der Waals surface area contributed by atoms with Crippen LogP contribution in [0.25, 0.3) is 0 Å². The number of fused-ring (bicyclic) bond motifs is 1. The molecule has 0 saturated carbocycles. The highest BCUT2D eigenvalue weighted by Gasteiger charge is 2.48. The van der Waals surface area contributed by atoms with E-state index in [-0.39, 0.29) is 25.3 Å². The topological polar surface area (TPSA) is 72.6 Å². The van der Waals surface area contributed by atoms with Gasteiger partial charge in [-0.15, -0.1) is 10.2 Å². The van der Waals surface area contributed by atoms with Gasteiger partial charge in [0.05, 0.1) is 11.8 Å². The molecule has 154 valence electrons. The number of hydrogen-bond acceptors (Lipinski definition) is 5. The van der Waals surface area contributed by atoms with E-state index in [0.717, 1.165) is 4.57 Å². The predicted molar refractivity (Wildman–Crippen MR) is 92.2 cm³/mol. The molecule has 2 aromatic rings. The molecule has 2 unspecified atom stereocenters. The van der Waals surface area contributed by atoms with E-state index in [0.29, 0.717) is 11.3 Å². The number of aromatic nitrogens is 3. The van der Waals surface area contributed by atoms with Crippen molar-refractivity contribution in [1.29, 1.82) is 0 Å². The molecule has 4 rings (SSSR count). The monoisotopic (exact) mass is 411 g/mol. The molecule has 2 aliphatic heterocycles. The van der Waals surface area contributed by atoms with Crippen LogP contribution in [-0.4, -0.2) is 43.4 Å². The Kier molecular flexibility index (Phi) is 4.35. The number of carbonyl (C=O) groups excluding carboxylic acids is 1. The molecule has 7 nitrogen and oxygen atoms in total. The lowest BCUT2D eigenvalue weighted by Gasteiger charge is -2.37. The average molecular weight is 411 g/mol. The Morgan fingerprint density at radius 1 is 1.28 bits per heavy atom. The minimum Gasteiger partial charge on any atom is -0.379 e. The molecule has 0 bridgehead atoms. The summed E-state index contributed by atoms with van der Waals surface area (Å²) in [5, 5.41) is 10.8. The zero-order valence-electron chi connectivity index (χ0n) is 15.6. The van der Waals surface area contributed by atoms with Crippen LogP contribution in [0.4, 0.5) is 17.6 Å². The molecular weight excluding hydrogens is 394 g/mol. The molecule has 1 aromatic carbocycles. The van der Waals surface area contributed by atoms with E-state index in [1.807, 2.05) is 0 Å². The number of halogens is 4. The second-order valence-corrected chi connectivity index (χ2v) is 7.25. The Morgan fingerprint density at radius 3 is 2.72 bits per heavy atom. The van der Waals surface area contributed by atoms with Gasteiger partial charge in [0.1, 0.15) is 5.82 Å². The maximum atomic E-state index is 13.5. The van der Waals surface area contributed by atoms with Crippen LogP contribution < -0.4 is 0 Å². The molecule has 3 heterocycles. The van der Waals surface area contributed by atoms with E-state index < -0.39 is 35.4 Å². The number of oxime groups is 1. The van der Waals surface area contributed by atoms with Gasteiger partial charge in [0.25, 0.3) is 5.91 Å². The predicted octanol–water partition coefficient (Wildman–Crippen LogP) is 2.92. The van der Waals surface area contributed by atoms with Crippen molar-refractivity contribution >= 4 is 11.6 Å². The second-order valence-electron chi connectivity index (χ2n) is 7.25. The molecule has 0 N–H and O–H groups in total. The summed E-state index contributed by atoms with van der Waals surface area (Å²) in [6.07, 6.45) is -4.51. The number of hydrogen-bond donors (Lipinski definition) is 0. The number of nitrogens with zero attached hydrogens (tertiary/aromatic N) is 5. The summed E-state index contributed by atoms with van der Waals surface area (Å²) in [6.45, 7) is 3.10. The van der Waals surface area contributed by atoms with E-state index >= 15 is 0 Å². The van der Waals surface area contributed by atoms with Crippen molar-refractivity contribution in [3.8, 4) is 0 Å². The molecule has 29 heavy (non-hydrogen) atoms. The highest BCUT2D eigenvalue weighted by atomic mass is 19.4. The van der Waals surface area contributed by atoms with Crippen LogP contribution in [0.3, 0.4) is 0 Å². The summed E-state index contributed by atoms with van der Waals surface area (Å²) in [5.74, 6) is -1.88. The molecule has 0 fully saturated rings. The molecule has 0 saturated heterocycles. The zero-order chi connectivity index (χ0) is 21.0. The van der Waals surface area contributed by atoms with Gasteiger partial charge in [-0.25, -0.2) is 4.39 Å². The van der Waals surface area contributed by atoms with Crippen molar-refractivity contribution in [3.63, 3.8) is 0 Å². The van der Waals surface area contributed by atoms with Gasteiger partial charge in [-0.3, -0.25) is 4.79 Å². The standard InChI is InChI=1S/C18H17F4N5O2/c1-10-14-23-24-15(18(20,21)22)27(14)7-6-26(10)16(28)17(2)9-13(25-29-17)11-4-3-5-12(19)8-11/h3-5,8,10H,6-7,9H2,1-2H3. The minimum absolute atomic E-state index is 0.0440. The third-order valence-electron chi connectivity index (χ3n) is 5.17. The van der Waals surface area contributed by atoms with Gasteiger partial charge in [0.2, 0.25) is 11.4 Å². The van der Waals surface area contributed by atoms with Gasteiger partial charge >= 0.3 is 6.18 Å². The van der Waals surface area contributed by atoms with E-state index in [1.165, 1.54) is 23.1 Å². The van der Waals surface area contributed by atoms with Gasteiger partial charge in [-0.1, -0.05) is 17.3 Å².